The first-order valence-electron chi connectivity index (χ1n) is 9.15. The molecule has 0 spiro atoms. The molecule has 2 unspecified atom stereocenters. The van der Waals surface area contributed by atoms with Gasteiger partial charge in [-0.15, -0.1) is 0 Å². The zero-order chi connectivity index (χ0) is 24.6. The summed E-state index contributed by atoms with van der Waals surface area (Å²) >= 11 is 0. The van der Waals surface area contributed by atoms with Crippen LogP contribution >= 0.6 is 0 Å². The van der Waals surface area contributed by atoms with Crippen molar-refractivity contribution in [3.8, 4) is 0 Å². The monoisotopic (exact) mass is 484 g/mol. The van der Waals surface area contributed by atoms with Gasteiger partial charge in [0.1, 0.15) is 0 Å². The molecule has 13 heteroatoms. The van der Waals surface area contributed by atoms with Crippen LogP contribution in [0, 0.1) is 0 Å². The summed E-state index contributed by atoms with van der Waals surface area (Å²) in [6.07, 6.45) is -18.2. The molecule has 1 nitrogen and oxygen atoms in total. The van der Waals surface area contributed by atoms with Crippen LogP contribution < -0.4 is 0 Å². The van der Waals surface area contributed by atoms with Crippen molar-refractivity contribution in [3.63, 3.8) is 0 Å². The van der Waals surface area contributed by atoms with E-state index >= 15 is 0 Å². The SMILES string of the molecule is CCCCC(CC(F)(C(F)(F)F)C(F)(F)C(F)(F)C(F)(F)F)O[Si](C)(C)C(C)(C)C. The third-order valence-corrected chi connectivity index (χ3v) is 9.89. The topological polar surface area (TPSA) is 9.23 Å². The summed E-state index contributed by atoms with van der Waals surface area (Å²) in [5.74, 6) is -14.4. The maximum Gasteiger partial charge on any atom is 0.460 e. The van der Waals surface area contributed by atoms with Gasteiger partial charge >= 0.3 is 24.2 Å². The molecule has 0 N–H and O–H groups in total. The second-order valence-corrected chi connectivity index (χ2v) is 13.5. The molecule has 0 saturated carbocycles. The highest BCUT2D eigenvalue weighted by atomic mass is 28.4. The van der Waals surface area contributed by atoms with Crippen LogP contribution in [-0.2, 0) is 4.43 Å². The van der Waals surface area contributed by atoms with Crippen LogP contribution in [0.3, 0.4) is 0 Å². The summed E-state index contributed by atoms with van der Waals surface area (Å²) in [5.41, 5.74) is -6.17. The highest BCUT2D eigenvalue weighted by Gasteiger charge is 2.86. The number of hydrogen-bond donors (Lipinski definition) is 0. The molecule has 0 heterocycles. The van der Waals surface area contributed by atoms with E-state index in [4.69, 9.17) is 4.43 Å². The van der Waals surface area contributed by atoms with E-state index in [2.05, 4.69) is 0 Å². The van der Waals surface area contributed by atoms with Crippen molar-refractivity contribution >= 4 is 8.32 Å². The molecule has 0 aromatic carbocycles. The van der Waals surface area contributed by atoms with Gasteiger partial charge in [-0.2, -0.15) is 43.9 Å². The standard InChI is InChI=1S/C17H27F11OSi/c1-7-8-9-11(29-30(5,6)12(2,3)4)10-13(18,16(23,24)25)14(19,20)15(21,22)17(26,27)28/h11H,7-10H2,1-6H3. The Morgan fingerprint density at radius 3 is 1.47 bits per heavy atom. The predicted octanol–water partition coefficient (Wildman–Crippen LogP) is 8.06. The molecule has 0 aromatic rings. The maximum atomic E-state index is 14.7. The number of hydrogen-bond acceptors (Lipinski definition) is 1. The van der Waals surface area contributed by atoms with E-state index in [0.29, 0.717) is 6.42 Å². The summed E-state index contributed by atoms with van der Waals surface area (Å²) in [4.78, 5) is 0. The molecule has 0 amide bonds. The Balaban J connectivity index is 6.40. The summed E-state index contributed by atoms with van der Waals surface area (Å²) < 4.78 is 152. The van der Waals surface area contributed by atoms with E-state index in [1.807, 2.05) is 0 Å². The van der Waals surface area contributed by atoms with Crippen molar-refractivity contribution in [2.24, 2.45) is 0 Å². The molecule has 0 radical (unpaired) electrons. The van der Waals surface area contributed by atoms with Gasteiger partial charge < -0.3 is 4.43 Å². The van der Waals surface area contributed by atoms with Crippen molar-refractivity contribution < 1.29 is 52.7 Å². The lowest BCUT2D eigenvalue weighted by atomic mass is 9.85. The molecule has 0 aliphatic carbocycles. The minimum absolute atomic E-state index is 0.0640. The van der Waals surface area contributed by atoms with E-state index in [1.54, 1.807) is 27.7 Å². The Morgan fingerprint density at radius 1 is 0.733 bits per heavy atom. The lowest BCUT2D eigenvalue weighted by molar-refractivity contribution is -0.414. The van der Waals surface area contributed by atoms with E-state index in [0.717, 1.165) is 0 Å². The molecule has 0 bridgehead atoms. The van der Waals surface area contributed by atoms with Crippen molar-refractivity contribution in [2.45, 2.75) is 107 Å². The molecular weight excluding hydrogens is 457 g/mol. The Bertz CT molecular complexity index is 564. The summed E-state index contributed by atoms with van der Waals surface area (Å²) in [7, 11) is -3.01. The second-order valence-electron chi connectivity index (χ2n) is 8.79. The fourth-order valence-corrected chi connectivity index (χ4v) is 3.78. The van der Waals surface area contributed by atoms with Crippen LogP contribution in [-0.4, -0.2) is 44.3 Å². The second kappa shape index (κ2) is 8.74. The average Bonchev–Trinajstić information content (AvgIpc) is 2.48. The number of alkyl halides is 11. The lowest BCUT2D eigenvalue weighted by Crippen LogP contribution is -2.68. The van der Waals surface area contributed by atoms with E-state index < -0.39 is 62.2 Å². The largest absolute Gasteiger partial charge is 0.460 e. The molecule has 30 heavy (non-hydrogen) atoms. The third kappa shape index (κ3) is 5.60. The van der Waals surface area contributed by atoms with Gasteiger partial charge in [-0.3, -0.25) is 0 Å². The third-order valence-electron chi connectivity index (χ3n) is 5.35. The highest BCUT2D eigenvalue weighted by molar-refractivity contribution is 6.74. The molecular formula is C17H27F11OSi. The van der Waals surface area contributed by atoms with Crippen LogP contribution in [0.4, 0.5) is 48.3 Å². The van der Waals surface area contributed by atoms with Crippen molar-refractivity contribution in [1.82, 2.24) is 0 Å². The fourth-order valence-electron chi connectivity index (χ4n) is 2.39. The van der Waals surface area contributed by atoms with Gasteiger partial charge in [0.05, 0.1) is 0 Å². The lowest BCUT2D eigenvalue weighted by Gasteiger charge is -2.44. The molecule has 0 aromatic heterocycles. The first kappa shape index (κ1) is 29.4. The van der Waals surface area contributed by atoms with Crippen LogP contribution in [0.1, 0.15) is 53.4 Å². The van der Waals surface area contributed by atoms with Gasteiger partial charge in [-0.25, -0.2) is 4.39 Å². The van der Waals surface area contributed by atoms with Crippen molar-refractivity contribution in [2.75, 3.05) is 0 Å². The Labute approximate surface area is 169 Å². The van der Waals surface area contributed by atoms with Gasteiger partial charge in [0.15, 0.2) is 8.32 Å². The molecule has 0 fully saturated rings. The quantitative estimate of drug-likeness (QED) is 0.238. The molecule has 0 aliphatic rings. The van der Waals surface area contributed by atoms with Crippen molar-refractivity contribution in [3.05, 3.63) is 0 Å². The number of rotatable bonds is 9. The number of halogens is 11. The minimum atomic E-state index is -7.25. The normalized spacial score (nSPS) is 18.3. The zero-order valence-corrected chi connectivity index (χ0v) is 18.5. The first-order chi connectivity index (χ1) is 12.9. The zero-order valence-electron chi connectivity index (χ0n) is 17.5. The summed E-state index contributed by atoms with van der Waals surface area (Å²) in [5, 5.41) is -0.674. The van der Waals surface area contributed by atoms with Gasteiger partial charge in [0, 0.05) is 12.5 Å². The Kier molecular flexibility index (Phi) is 8.57. The Hall–Kier alpha value is -0.593. The molecule has 0 saturated heterocycles. The molecule has 0 aliphatic heterocycles. The molecule has 182 valence electrons. The molecule has 0 rings (SSSR count). The van der Waals surface area contributed by atoms with Crippen LogP contribution in [0.2, 0.25) is 18.1 Å². The number of unbranched alkanes of at least 4 members (excludes halogenated alkanes) is 1. The van der Waals surface area contributed by atoms with Crippen LogP contribution in [0.5, 0.6) is 0 Å². The maximum absolute atomic E-state index is 14.7. The predicted molar refractivity (Wildman–Crippen MR) is 92.1 cm³/mol. The van der Waals surface area contributed by atoms with Crippen LogP contribution in [0.15, 0.2) is 0 Å². The first-order valence-corrected chi connectivity index (χ1v) is 12.1. The van der Waals surface area contributed by atoms with E-state index in [9.17, 15) is 48.3 Å². The van der Waals surface area contributed by atoms with E-state index in [1.165, 1.54) is 13.1 Å². The summed E-state index contributed by atoms with van der Waals surface area (Å²) in [6.45, 7) is 9.48. The van der Waals surface area contributed by atoms with Crippen molar-refractivity contribution in [1.29, 1.82) is 0 Å². The highest BCUT2D eigenvalue weighted by Crippen LogP contribution is 2.59. The summed E-state index contributed by atoms with van der Waals surface area (Å²) in [6, 6.07) is 0. The molecule has 2 atom stereocenters. The van der Waals surface area contributed by atoms with Gasteiger partial charge in [-0.1, -0.05) is 40.5 Å². The fraction of sp³-hybridized carbons (Fsp3) is 1.00. The smallest absolute Gasteiger partial charge is 0.414 e. The van der Waals surface area contributed by atoms with Gasteiger partial charge in [-0.05, 0) is 24.6 Å². The van der Waals surface area contributed by atoms with Crippen LogP contribution in [0.25, 0.3) is 0 Å². The minimum Gasteiger partial charge on any atom is -0.414 e. The van der Waals surface area contributed by atoms with Gasteiger partial charge in [0.25, 0.3) is 5.67 Å². The van der Waals surface area contributed by atoms with E-state index in [-0.39, 0.29) is 6.42 Å². The van der Waals surface area contributed by atoms with Gasteiger partial charge in [0.2, 0.25) is 0 Å². The Morgan fingerprint density at radius 2 is 1.17 bits per heavy atom. The average molecular weight is 484 g/mol.